The molecule has 2 aromatic carbocycles. The van der Waals surface area contributed by atoms with E-state index in [1.165, 1.54) is 0 Å². The number of hydrogen-bond donors (Lipinski definition) is 2. The maximum atomic E-state index is 12.8. The van der Waals surface area contributed by atoms with E-state index in [1.807, 2.05) is 74.5 Å². The lowest BCUT2D eigenvalue weighted by Gasteiger charge is -2.33. The second-order valence-corrected chi connectivity index (χ2v) is 6.57. The number of nitrogens with zero attached hydrogens (tertiary/aromatic N) is 2. The molecule has 0 saturated carbocycles. The second kappa shape index (κ2) is 6.47. The Morgan fingerprint density at radius 2 is 1.56 bits per heavy atom. The molecule has 0 radical (unpaired) electrons. The van der Waals surface area contributed by atoms with E-state index in [-0.39, 0.29) is 12.1 Å². The number of carbonyl (C=O) groups excluding carboxylic acids is 2. The van der Waals surface area contributed by atoms with Crippen LogP contribution in [0.1, 0.15) is 13.8 Å². The van der Waals surface area contributed by atoms with Crippen molar-refractivity contribution in [3.8, 4) is 0 Å². The van der Waals surface area contributed by atoms with Crippen LogP contribution in [-0.4, -0.2) is 35.7 Å². The summed E-state index contributed by atoms with van der Waals surface area (Å²) in [6.45, 7) is 3.86. The minimum absolute atomic E-state index is 0.152. The van der Waals surface area contributed by atoms with Gasteiger partial charge in [0.05, 0.1) is 5.54 Å². The Balaban J connectivity index is 1.85. The molecule has 1 atom stereocenters. The third-order valence-electron chi connectivity index (χ3n) is 4.62. The highest BCUT2D eigenvalue weighted by Crippen LogP contribution is 2.33. The van der Waals surface area contributed by atoms with Crippen molar-refractivity contribution in [3.63, 3.8) is 0 Å². The Morgan fingerprint density at radius 1 is 1.00 bits per heavy atom. The highest BCUT2D eigenvalue weighted by atomic mass is 16.2. The van der Waals surface area contributed by atoms with Crippen molar-refractivity contribution in [2.24, 2.45) is 0 Å². The van der Waals surface area contributed by atoms with Crippen LogP contribution in [0, 0.1) is 0 Å². The third-order valence-corrected chi connectivity index (χ3v) is 4.62. The van der Waals surface area contributed by atoms with E-state index < -0.39 is 11.7 Å². The first-order valence-electron chi connectivity index (χ1n) is 8.16. The molecule has 25 heavy (non-hydrogen) atoms. The number of urea groups is 2. The molecule has 0 spiro atoms. The van der Waals surface area contributed by atoms with Gasteiger partial charge in [-0.15, -0.1) is 0 Å². The number of para-hydroxylation sites is 2. The van der Waals surface area contributed by atoms with Gasteiger partial charge in [0.1, 0.15) is 6.17 Å². The van der Waals surface area contributed by atoms with Crippen LogP contribution in [0.25, 0.3) is 0 Å². The average molecular weight is 338 g/mol. The van der Waals surface area contributed by atoms with Gasteiger partial charge in [0.15, 0.2) is 0 Å². The minimum Gasteiger partial charge on any atom is -0.318 e. The summed E-state index contributed by atoms with van der Waals surface area (Å²) in [4.78, 5) is 28.5. The molecule has 6 heteroatoms. The fourth-order valence-corrected chi connectivity index (χ4v) is 2.92. The van der Waals surface area contributed by atoms with Crippen LogP contribution in [0.2, 0.25) is 0 Å². The predicted octanol–water partition coefficient (Wildman–Crippen LogP) is 3.48. The van der Waals surface area contributed by atoms with Crippen molar-refractivity contribution in [1.82, 2.24) is 10.2 Å². The van der Waals surface area contributed by atoms with Crippen molar-refractivity contribution < 1.29 is 9.59 Å². The van der Waals surface area contributed by atoms with Crippen LogP contribution < -0.4 is 15.5 Å². The zero-order valence-electron chi connectivity index (χ0n) is 14.6. The Kier molecular flexibility index (Phi) is 4.35. The molecule has 130 valence electrons. The molecule has 1 fully saturated rings. The number of benzene rings is 2. The first-order chi connectivity index (χ1) is 11.9. The lowest BCUT2D eigenvalue weighted by Crippen LogP contribution is -2.56. The van der Waals surface area contributed by atoms with E-state index in [1.54, 1.807) is 16.8 Å². The van der Waals surface area contributed by atoms with Crippen LogP contribution in [0.3, 0.4) is 0 Å². The highest BCUT2D eigenvalue weighted by molar-refractivity contribution is 5.98. The molecule has 0 aromatic heterocycles. The maximum Gasteiger partial charge on any atom is 0.326 e. The molecular formula is C19H22N4O2. The van der Waals surface area contributed by atoms with Crippen molar-refractivity contribution >= 4 is 23.4 Å². The summed E-state index contributed by atoms with van der Waals surface area (Å²) >= 11 is 0. The smallest absolute Gasteiger partial charge is 0.318 e. The number of rotatable bonds is 3. The second-order valence-electron chi connectivity index (χ2n) is 6.57. The predicted molar refractivity (Wildman–Crippen MR) is 98.5 cm³/mol. The van der Waals surface area contributed by atoms with Gasteiger partial charge < -0.3 is 15.5 Å². The molecule has 2 aromatic rings. The Hall–Kier alpha value is -3.02. The molecule has 1 aliphatic heterocycles. The molecular weight excluding hydrogens is 316 g/mol. The lowest BCUT2D eigenvalue weighted by atomic mass is 10.0. The number of likely N-dealkylation sites (N-methyl/N-ethyl adjacent to an activating group) is 1. The first-order valence-corrected chi connectivity index (χ1v) is 8.16. The molecule has 3 rings (SSSR count). The molecule has 1 aliphatic rings. The van der Waals surface area contributed by atoms with Crippen LogP contribution in [0.4, 0.5) is 21.0 Å². The van der Waals surface area contributed by atoms with Crippen LogP contribution in [0.5, 0.6) is 0 Å². The molecule has 1 heterocycles. The van der Waals surface area contributed by atoms with Crippen molar-refractivity contribution in [1.29, 1.82) is 0 Å². The Morgan fingerprint density at radius 3 is 2.16 bits per heavy atom. The van der Waals surface area contributed by atoms with Gasteiger partial charge in [0.25, 0.3) is 0 Å². The number of anilines is 2. The average Bonchev–Trinajstić information content (AvgIpc) is 2.77. The minimum atomic E-state index is -0.568. The summed E-state index contributed by atoms with van der Waals surface area (Å²) in [5.74, 6) is 0. The number of nitrogens with one attached hydrogen (secondary N) is 2. The third kappa shape index (κ3) is 3.15. The molecule has 2 N–H and O–H groups in total. The topological polar surface area (TPSA) is 64.7 Å². The summed E-state index contributed by atoms with van der Waals surface area (Å²) in [6.07, 6.45) is -0.504. The summed E-state index contributed by atoms with van der Waals surface area (Å²) < 4.78 is 0. The van der Waals surface area contributed by atoms with E-state index in [9.17, 15) is 9.59 Å². The van der Waals surface area contributed by atoms with Crippen LogP contribution in [0.15, 0.2) is 60.7 Å². The summed E-state index contributed by atoms with van der Waals surface area (Å²) in [6, 6.07) is 18.0. The Labute approximate surface area is 147 Å². The van der Waals surface area contributed by atoms with Crippen LogP contribution >= 0.6 is 0 Å². The van der Waals surface area contributed by atoms with E-state index in [2.05, 4.69) is 10.6 Å². The number of hydrogen-bond acceptors (Lipinski definition) is 2. The van der Waals surface area contributed by atoms with Gasteiger partial charge in [-0.1, -0.05) is 36.4 Å². The monoisotopic (exact) mass is 338 g/mol. The lowest BCUT2D eigenvalue weighted by molar-refractivity contribution is 0.180. The largest absolute Gasteiger partial charge is 0.326 e. The van der Waals surface area contributed by atoms with Gasteiger partial charge in [-0.05, 0) is 38.1 Å². The highest BCUT2D eigenvalue weighted by Gasteiger charge is 2.51. The summed E-state index contributed by atoms with van der Waals surface area (Å²) in [5.41, 5.74) is 0.873. The van der Waals surface area contributed by atoms with Crippen molar-refractivity contribution in [3.05, 3.63) is 60.7 Å². The van der Waals surface area contributed by atoms with Crippen LogP contribution in [-0.2, 0) is 0 Å². The maximum absolute atomic E-state index is 12.8. The van der Waals surface area contributed by atoms with E-state index >= 15 is 0 Å². The molecule has 1 unspecified atom stereocenters. The Bertz CT molecular complexity index is 762. The molecule has 0 bridgehead atoms. The van der Waals surface area contributed by atoms with Crippen molar-refractivity contribution in [2.75, 3.05) is 17.3 Å². The zero-order valence-corrected chi connectivity index (χ0v) is 14.6. The molecule has 1 saturated heterocycles. The molecule has 0 aliphatic carbocycles. The van der Waals surface area contributed by atoms with E-state index in [4.69, 9.17) is 0 Å². The summed E-state index contributed by atoms with van der Waals surface area (Å²) in [7, 11) is 1.75. The van der Waals surface area contributed by atoms with E-state index in [0.29, 0.717) is 5.69 Å². The quantitative estimate of drug-likeness (QED) is 0.900. The normalized spacial score (nSPS) is 19.0. The fourth-order valence-electron chi connectivity index (χ4n) is 2.92. The van der Waals surface area contributed by atoms with Gasteiger partial charge in [-0.2, -0.15) is 0 Å². The number of carbonyl (C=O) groups is 2. The van der Waals surface area contributed by atoms with E-state index in [0.717, 1.165) is 5.69 Å². The van der Waals surface area contributed by atoms with Gasteiger partial charge in [0, 0.05) is 18.4 Å². The fraction of sp³-hybridized carbons (Fsp3) is 0.263. The standard InChI is InChI=1S/C19H22N4O2/c1-19(2)16(21-17(24)20-14-10-6-4-7-11-14)23(18(25)22(19)3)15-12-8-5-9-13-15/h4-13,16H,1-3H3,(H2,20,21,24). The first kappa shape index (κ1) is 16.8. The molecule has 4 amide bonds. The number of amides is 4. The van der Waals surface area contributed by atoms with Gasteiger partial charge in [0.2, 0.25) is 0 Å². The van der Waals surface area contributed by atoms with Crippen molar-refractivity contribution in [2.45, 2.75) is 25.6 Å². The van der Waals surface area contributed by atoms with Gasteiger partial charge in [-0.3, -0.25) is 4.90 Å². The molecule has 6 nitrogen and oxygen atoms in total. The van der Waals surface area contributed by atoms with Gasteiger partial charge >= 0.3 is 12.1 Å². The van der Waals surface area contributed by atoms with Gasteiger partial charge in [-0.25, -0.2) is 9.59 Å². The SMILES string of the molecule is CN1C(=O)N(c2ccccc2)C(NC(=O)Nc2ccccc2)C1(C)C. The summed E-state index contributed by atoms with van der Waals surface area (Å²) in [5, 5.41) is 5.74. The zero-order chi connectivity index (χ0) is 18.0.